The van der Waals surface area contributed by atoms with Gasteiger partial charge >= 0.3 is 6.80 Å². The Kier molecular flexibility index (Phi) is 7.38. The Morgan fingerprint density at radius 2 is 1.74 bits per heavy atom. The van der Waals surface area contributed by atoms with Crippen molar-refractivity contribution < 1.29 is 42.1 Å². The molecule has 7 N–H and O–H groups in total. The zero-order valence-corrected chi connectivity index (χ0v) is 22.8. The zero-order valence-electron chi connectivity index (χ0n) is 21.0. The van der Waals surface area contributed by atoms with Gasteiger partial charge in [-0.2, -0.15) is 4.98 Å². The van der Waals surface area contributed by atoms with Crippen LogP contribution in [0, 0.1) is 0 Å². The number of anilines is 2. The molecule has 4 aromatic rings. The molecule has 2 fully saturated rings. The molecule has 4 aromatic heterocycles. The molecule has 2 saturated heterocycles. The second-order valence-corrected chi connectivity index (χ2v) is 12.3. The number of imidazole rings is 2. The minimum atomic E-state index is -4.48. The van der Waals surface area contributed by atoms with E-state index in [0.717, 1.165) is 17.2 Å². The molecule has 22 heteroatoms. The molecule has 2 aliphatic rings. The number of ether oxygens (including phenoxy) is 2. The van der Waals surface area contributed by atoms with Crippen LogP contribution in [0.15, 0.2) is 23.8 Å². The number of aliphatic hydroxyl groups is 2. The topological polar surface area (TPSA) is 254 Å². The van der Waals surface area contributed by atoms with Crippen molar-refractivity contribution in [3.05, 3.63) is 29.3 Å². The van der Waals surface area contributed by atoms with Gasteiger partial charge in [0.2, 0.25) is 5.95 Å². The van der Waals surface area contributed by atoms with E-state index >= 15 is 8.78 Å². The zero-order chi connectivity index (χ0) is 29.9. The predicted molar refractivity (Wildman–Crippen MR) is 140 cm³/mol. The highest BCUT2D eigenvalue weighted by molar-refractivity contribution is 8.44. The van der Waals surface area contributed by atoms with Crippen molar-refractivity contribution >= 4 is 53.1 Å². The van der Waals surface area contributed by atoms with E-state index in [1.54, 1.807) is 0 Å². The summed E-state index contributed by atoms with van der Waals surface area (Å²) in [6.07, 6.45) is -9.70. The monoisotopic (exact) mass is 632 g/mol. The number of rotatable bonds is 8. The number of nitrogens with one attached hydrogen (secondary N) is 1. The van der Waals surface area contributed by atoms with Crippen LogP contribution in [0.2, 0.25) is 0 Å². The summed E-state index contributed by atoms with van der Waals surface area (Å²) in [5.41, 5.74) is 10.8. The molecule has 0 aliphatic carbocycles. The fraction of sp³-hybridized carbons (Fsp3) is 0.500. The number of aromatic amines is 1. The summed E-state index contributed by atoms with van der Waals surface area (Å²) in [5.74, 6) is -0.207. The van der Waals surface area contributed by atoms with Gasteiger partial charge < -0.3 is 31.2 Å². The summed E-state index contributed by atoms with van der Waals surface area (Å²) in [6, 6.07) is 0. The van der Waals surface area contributed by atoms with Crippen LogP contribution in [0.25, 0.3) is 22.3 Å². The van der Waals surface area contributed by atoms with Gasteiger partial charge in [-0.25, -0.2) is 33.3 Å². The third-order valence-corrected chi connectivity index (χ3v) is 8.40. The normalized spacial score (nSPS) is 31.3. The molecule has 0 amide bonds. The smallest absolute Gasteiger partial charge is 0.386 e. The maximum Gasteiger partial charge on any atom is 0.386 e. The van der Waals surface area contributed by atoms with Gasteiger partial charge in [-0.3, -0.25) is 28.0 Å². The minimum absolute atomic E-state index is 0.0549. The highest BCUT2D eigenvalue weighted by Crippen LogP contribution is 2.57. The van der Waals surface area contributed by atoms with E-state index in [1.165, 1.54) is 10.9 Å². The van der Waals surface area contributed by atoms with Crippen LogP contribution in [-0.4, -0.2) is 99.2 Å². The predicted octanol–water partition coefficient (Wildman–Crippen LogP) is -0.612. The minimum Gasteiger partial charge on any atom is -0.394 e. The van der Waals surface area contributed by atoms with Crippen molar-refractivity contribution in [1.29, 1.82) is 0 Å². The molecule has 9 atom stereocenters. The summed E-state index contributed by atoms with van der Waals surface area (Å²) in [5, 5.41) is 20.1. The Morgan fingerprint density at radius 1 is 1.05 bits per heavy atom. The molecule has 2 aliphatic heterocycles. The first-order valence-corrected chi connectivity index (χ1v) is 14.9. The maximum absolute atomic E-state index is 15.3. The average Bonchev–Trinajstić information content (AvgIpc) is 3.69. The Morgan fingerprint density at radius 3 is 2.48 bits per heavy atom. The highest BCUT2D eigenvalue weighted by atomic mass is 32.7. The van der Waals surface area contributed by atoms with Crippen LogP contribution in [0.1, 0.15) is 12.5 Å². The quantitative estimate of drug-likeness (QED) is 0.105. The van der Waals surface area contributed by atoms with Crippen molar-refractivity contribution in [2.45, 2.75) is 49.2 Å². The molecule has 0 radical (unpaired) electrons. The summed E-state index contributed by atoms with van der Waals surface area (Å²) in [6.45, 7) is -5.95. The lowest BCUT2D eigenvalue weighted by atomic mass is 10.1. The van der Waals surface area contributed by atoms with Crippen LogP contribution >= 0.6 is 19.0 Å². The molecule has 0 aromatic carbocycles. The van der Waals surface area contributed by atoms with Crippen LogP contribution < -0.4 is 17.0 Å². The van der Waals surface area contributed by atoms with E-state index in [1.807, 2.05) is 0 Å². The summed E-state index contributed by atoms with van der Waals surface area (Å²) >= 11 is 3.91. The summed E-state index contributed by atoms with van der Waals surface area (Å²) < 4.78 is 67.7. The molecule has 226 valence electrons. The molecule has 0 saturated carbocycles. The van der Waals surface area contributed by atoms with E-state index in [4.69, 9.17) is 30.0 Å². The number of hydrogen-bond acceptors (Lipinski definition) is 15. The number of fused-ring (bicyclic) bond motifs is 2. The Labute approximate surface area is 237 Å². The maximum atomic E-state index is 15.3. The molecule has 1 unspecified atom stereocenters. The van der Waals surface area contributed by atoms with E-state index in [9.17, 15) is 19.6 Å². The fourth-order valence-corrected chi connectivity index (χ4v) is 6.23. The molecule has 6 rings (SSSR count). The van der Waals surface area contributed by atoms with Crippen LogP contribution in [0.3, 0.4) is 0 Å². The summed E-state index contributed by atoms with van der Waals surface area (Å²) in [7, 11) is 0. The largest absolute Gasteiger partial charge is 0.394 e. The van der Waals surface area contributed by atoms with Gasteiger partial charge in [0.05, 0.1) is 25.9 Å². The first-order chi connectivity index (χ1) is 20.0. The number of halogens is 2. The van der Waals surface area contributed by atoms with Crippen LogP contribution in [-0.2, 0) is 23.1 Å². The van der Waals surface area contributed by atoms with Crippen LogP contribution in [0.5, 0.6) is 0 Å². The van der Waals surface area contributed by atoms with E-state index in [0.29, 0.717) is 0 Å². The lowest BCUT2D eigenvalue weighted by Crippen LogP contribution is -2.33. The molecule has 6 heterocycles. The van der Waals surface area contributed by atoms with Gasteiger partial charge in [-0.1, -0.05) is 12.2 Å². The lowest BCUT2D eigenvalue weighted by molar-refractivity contribution is -0.0530. The van der Waals surface area contributed by atoms with E-state index in [2.05, 4.69) is 42.2 Å². The molecule has 0 bridgehead atoms. The van der Waals surface area contributed by atoms with Crippen LogP contribution in [0.4, 0.5) is 20.5 Å². The number of aliphatic hydroxyl groups excluding tert-OH is 2. The molecule has 18 nitrogen and oxygen atoms in total. The first-order valence-electron chi connectivity index (χ1n) is 12.2. The van der Waals surface area contributed by atoms with Gasteiger partial charge in [0.15, 0.2) is 47.4 Å². The number of alkyl halides is 2. The molecular formula is C20H23F2N10O8PS. The van der Waals surface area contributed by atoms with Crippen molar-refractivity contribution in [2.75, 3.05) is 24.7 Å². The van der Waals surface area contributed by atoms with Gasteiger partial charge in [0.1, 0.15) is 36.3 Å². The number of thiol groups is 1. The SMILES string of the molecule is Nc1nc2c(ncn2[C@@H]2O[C@H](CO)[C@@H](F)[C@H]2OP(=O)(S)OC[C@H]2O[C@@H](n3cnc4c(N)ncnc43)[C@@H](F)[C@@H]2O)c(=O)[nH]1. The van der Waals surface area contributed by atoms with Gasteiger partial charge in [-0.15, -0.1) is 0 Å². The molecule has 42 heavy (non-hydrogen) atoms. The number of nitrogen functional groups attached to an aromatic ring is 2. The number of H-pyrrole nitrogens is 1. The second-order valence-electron chi connectivity index (χ2n) is 9.38. The third-order valence-electron chi connectivity index (χ3n) is 6.78. The number of nitrogens with two attached hydrogens (primary N) is 2. The Bertz CT molecular complexity index is 1740. The first kappa shape index (κ1) is 28.8. The molecular weight excluding hydrogens is 609 g/mol. The lowest BCUT2D eigenvalue weighted by Gasteiger charge is -2.25. The Balaban J connectivity index is 1.19. The summed E-state index contributed by atoms with van der Waals surface area (Å²) in [4.78, 5) is 34.2. The average molecular weight is 633 g/mol. The fourth-order valence-electron chi connectivity index (χ4n) is 4.78. The highest BCUT2D eigenvalue weighted by Gasteiger charge is 2.51. The third kappa shape index (κ3) is 4.90. The second kappa shape index (κ2) is 10.8. The number of nitrogens with zero attached hydrogens (tertiary/aromatic N) is 7. The van der Waals surface area contributed by atoms with Gasteiger partial charge in [-0.05, 0) is 0 Å². The number of aromatic nitrogens is 8. The Hall–Kier alpha value is -3.30. The van der Waals surface area contributed by atoms with E-state index in [-0.39, 0.29) is 34.1 Å². The van der Waals surface area contributed by atoms with Crippen molar-refractivity contribution in [2.24, 2.45) is 0 Å². The standard InChI is InChI=1S/C20H23F2N10O8PS/c21-8-6(1-33)38-19(32-5-28-11-16(32)29-20(24)30-17(11)35)13(8)40-41(36,42)37-2-7-12(34)9(22)18(39-7)31-4-27-10-14(23)25-3-26-15(10)31/h3-9,12-13,18-19,33-34H,1-2H2,(H,36,42)(H2,23,25,26)(H3,24,29,30,35)/t6-,7-,8-,9+,12-,13-,18-,19-,41?/m1/s1. The van der Waals surface area contributed by atoms with Crippen molar-refractivity contribution in [3.63, 3.8) is 0 Å². The molecule has 0 spiro atoms. The van der Waals surface area contributed by atoms with E-state index < -0.39 is 74.8 Å². The number of hydrogen-bond donors (Lipinski definition) is 6. The van der Waals surface area contributed by atoms with Crippen molar-refractivity contribution in [3.8, 4) is 0 Å². The van der Waals surface area contributed by atoms with Gasteiger partial charge in [0.25, 0.3) is 5.56 Å². The van der Waals surface area contributed by atoms with Gasteiger partial charge in [0, 0.05) is 0 Å². The van der Waals surface area contributed by atoms with Crippen molar-refractivity contribution in [1.82, 2.24) is 39.0 Å².